The molecule has 0 aliphatic carbocycles. The lowest BCUT2D eigenvalue weighted by molar-refractivity contribution is 0.0947. The number of nitrogens with zero attached hydrogens (tertiary/aromatic N) is 4. The van der Waals surface area contributed by atoms with E-state index in [-0.39, 0.29) is 5.69 Å². The van der Waals surface area contributed by atoms with Crippen LogP contribution in [0.3, 0.4) is 0 Å². The van der Waals surface area contributed by atoms with Gasteiger partial charge < -0.3 is 9.88 Å². The maximum atomic E-state index is 14.2. The Morgan fingerprint density at radius 3 is 3.00 bits per heavy atom. The van der Waals surface area contributed by atoms with E-state index >= 15 is 0 Å². The summed E-state index contributed by atoms with van der Waals surface area (Å²) in [6.45, 7) is 2.30. The van der Waals surface area contributed by atoms with Gasteiger partial charge in [0.2, 0.25) is 5.95 Å². The van der Waals surface area contributed by atoms with Crippen LogP contribution in [0, 0.1) is 12.9 Å². The summed E-state index contributed by atoms with van der Waals surface area (Å²) in [6.07, 6.45) is 5.14. The summed E-state index contributed by atoms with van der Waals surface area (Å²) in [6, 6.07) is 3.50. The van der Waals surface area contributed by atoms with Crippen LogP contribution in [0.4, 0.5) is 4.39 Å². The number of pyridine rings is 1. The van der Waals surface area contributed by atoms with Crippen LogP contribution >= 0.6 is 11.8 Å². The molecule has 0 aliphatic heterocycles. The van der Waals surface area contributed by atoms with E-state index in [1.165, 1.54) is 16.2 Å². The molecular weight excluding hydrogens is 317 g/mol. The number of carbonyl (C=O) groups excluding carboxylic acids is 1. The Balaban J connectivity index is 1.62. The Bertz CT molecular complexity index is 857. The van der Waals surface area contributed by atoms with Crippen LogP contribution in [0.1, 0.15) is 16.1 Å². The minimum atomic E-state index is -0.644. The van der Waals surface area contributed by atoms with Crippen molar-refractivity contribution in [2.45, 2.75) is 12.1 Å². The molecule has 0 saturated carbocycles. The van der Waals surface area contributed by atoms with Gasteiger partial charge in [-0.1, -0.05) is 11.8 Å². The quantitative estimate of drug-likeness (QED) is 0.573. The van der Waals surface area contributed by atoms with Gasteiger partial charge in [-0.25, -0.2) is 9.97 Å². The fourth-order valence-corrected chi connectivity index (χ4v) is 2.93. The number of hydrogen-bond acceptors (Lipinski definition) is 4. The zero-order chi connectivity index (χ0) is 16.4. The van der Waals surface area contributed by atoms with Gasteiger partial charge in [-0.05, 0) is 24.6 Å². The summed E-state index contributed by atoms with van der Waals surface area (Å²) < 4.78 is 17.4. The van der Waals surface area contributed by atoms with E-state index < -0.39 is 11.9 Å². The summed E-state index contributed by atoms with van der Waals surface area (Å²) in [5, 5.41) is 3.55. The molecule has 1 amide bonds. The summed E-state index contributed by atoms with van der Waals surface area (Å²) in [5.74, 6) is -0.511. The van der Waals surface area contributed by atoms with Crippen LogP contribution in [0.15, 0.2) is 35.9 Å². The molecule has 0 aliphatic rings. The molecule has 3 heterocycles. The van der Waals surface area contributed by atoms with Crippen molar-refractivity contribution in [3.63, 3.8) is 0 Å². The highest BCUT2D eigenvalue weighted by molar-refractivity contribution is 7.99. The normalized spacial score (nSPS) is 11.1. The first-order chi connectivity index (χ1) is 11.1. The number of carbonyl (C=O) groups is 1. The number of amides is 1. The standard InChI is InChI=1S/C15H16FN5OS/c1-10-3-6-21-11(9-10)19-12(13(21)16)14(22)17-5-8-23-15-18-4-7-20(15)2/h3-4,6-7,9H,5,8H2,1-2H3,(H,17,22). The fraction of sp³-hybridized carbons (Fsp3) is 0.267. The van der Waals surface area contributed by atoms with Crippen molar-refractivity contribution in [1.82, 2.24) is 24.3 Å². The molecule has 8 heteroatoms. The summed E-state index contributed by atoms with van der Waals surface area (Å²) in [4.78, 5) is 20.3. The molecule has 3 rings (SSSR count). The van der Waals surface area contributed by atoms with Crippen LogP contribution in [0.5, 0.6) is 0 Å². The molecule has 23 heavy (non-hydrogen) atoms. The van der Waals surface area contributed by atoms with Crippen LogP contribution in [-0.2, 0) is 7.05 Å². The van der Waals surface area contributed by atoms with Gasteiger partial charge in [0.05, 0.1) is 0 Å². The van der Waals surface area contributed by atoms with Gasteiger partial charge in [-0.15, -0.1) is 0 Å². The zero-order valence-corrected chi connectivity index (χ0v) is 13.6. The molecule has 0 atom stereocenters. The SMILES string of the molecule is Cc1ccn2c(F)c(C(=O)NCCSc3nccn3C)nc2c1. The second-order valence-corrected chi connectivity index (χ2v) is 6.17. The van der Waals surface area contributed by atoms with Gasteiger partial charge in [-0.3, -0.25) is 9.20 Å². The van der Waals surface area contributed by atoms with E-state index in [4.69, 9.17) is 0 Å². The number of nitrogens with one attached hydrogen (secondary N) is 1. The van der Waals surface area contributed by atoms with E-state index in [9.17, 15) is 9.18 Å². The molecule has 0 fully saturated rings. The van der Waals surface area contributed by atoms with E-state index in [0.29, 0.717) is 17.9 Å². The third-order valence-corrected chi connectivity index (χ3v) is 4.39. The number of aromatic nitrogens is 4. The Labute approximate surface area is 136 Å². The maximum Gasteiger partial charge on any atom is 0.274 e. The van der Waals surface area contributed by atoms with Crippen LogP contribution < -0.4 is 5.32 Å². The highest BCUT2D eigenvalue weighted by Gasteiger charge is 2.18. The lowest BCUT2D eigenvalue weighted by atomic mass is 10.3. The maximum absolute atomic E-state index is 14.2. The van der Waals surface area contributed by atoms with Crippen LogP contribution in [0.2, 0.25) is 0 Å². The molecular formula is C15H16FN5OS. The predicted molar refractivity (Wildman–Crippen MR) is 86.2 cm³/mol. The van der Waals surface area contributed by atoms with Gasteiger partial charge in [0.1, 0.15) is 5.65 Å². The van der Waals surface area contributed by atoms with E-state index in [1.54, 1.807) is 24.5 Å². The van der Waals surface area contributed by atoms with Gasteiger partial charge in [0.25, 0.3) is 5.91 Å². The van der Waals surface area contributed by atoms with Crippen molar-refractivity contribution >= 4 is 23.3 Å². The average Bonchev–Trinajstić information content (AvgIpc) is 3.07. The third kappa shape index (κ3) is 3.21. The molecule has 0 bridgehead atoms. The average molecular weight is 333 g/mol. The Kier molecular flexibility index (Phi) is 4.33. The van der Waals surface area contributed by atoms with E-state index in [1.807, 2.05) is 24.7 Å². The van der Waals surface area contributed by atoms with Gasteiger partial charge >= 0.3 is 0 Å². The van der Waals surface area contributed by atoms with Crippen molar-refractivity contribution in [1.29, 1.82) is 0 Å². The van der Waals surface area contributed by atoms with Crippen molar-refractivity contribution < 1.29 is 9.18 Å². The number of fused-ring (bicyclic) bond motifs is 1. The second-order valence-electron chi connectivity index (χ2n) is 5.11. The number of rotatable bonds is 5. The van der Waals surface area contributed by atoms with Crippen molar-refractivity contribution in [2.24, 2.45) is 7.05 Å². The van der Waals surface area contributed by atoms with E-state index in [2.05, 4.69) is 15.3 Å². The largest absolute Gasteiger partial charge is 0.350 e. The van der Waals surface area contributed by atoms with Crippen molar-refractivity contribution in [2.75, 3.05) is 12.3 Å². The molecule has 0 saturated heterocycles. The number of aryl methyl sites for hydroxylation is 2. The monoisotopic (exact) mass is 333 g/mol. The first kappa shape index (κ1) is 15.5. The summed E-state index contributed by atoms with van der Waals surface area (Å²) in [5.41, 5.74) is 1.20. The molecule has 6 nitrogen and oxygen atoms in total. The predicted octanol–water partition coefficient (Wildman–Crippen LogP) is 2.04. The number of thioether (sulfide) groups is 1. The first-order valence-electron chi connectivity index (χ1n) is 7.09. The highest BCUT2D eigenvalue weighted by atomic mass is 32.2. The van der Waals surface area contributed by atoms with Crippen LogP contribution in [0.25, 0.3) is 5.65 Å². The minimum absolute atomic E-state index is 0.183. The smallest absolute Gasteiger partial charge is 0.274 e. The lowest BCUT2D eigenvalue weighted by Gasteiger charge is -2.03. The Morgan fingerprint density at radius 2 is 2.26 bits per heavy atom. The molecule has 120 valence electrons. The Hall–Kier alpha value is -2.35. The fourth-order valence-electron chi connectivity index (χ4n) is 2.14. The van der Waals surface area contributed by atoms with Crippen molar-refractivity contribution in [3.05, 3.63) is 47.9 Å². The summed E-state index contributed by atoms with van der Waals surface area (Å²) >= 11 is 1.52. The second kappa shape index (κ2) is 6.41. The minimum Gasteiger partial charge on any atom is -0.350 e. The summed E-state index contributed by atoms with van der Waals surface area (Å²) in [7, 11) is 1.90. The number of halogens is 1. The number of imidazole rings is 2. The van der Waals surface area contributed by atoms with Gasteiger partial charge in [0, 0.05) is 37.9 Å². The molecule has 3 aromatic heterocycles. The molecule has 0 unspecified atom stereocenters. The zero-order valence-electron chi connectivity index (χ0n) is 12.8. The molecule has 3 aromatic rings. The van der Waals surface area contributed by atoms with Crippen molar-refractivity contribution in [3.8, 4) is 0 Å². The Morgan fingerprint density at radius 1 is 1.43 bits per heavy atom. The van der Waals surface area contributed by atoms with Crippen LogP contribution in [-0.4, -0.2) is 37.1 Å². The molecule has 0 radical (unpaired) electrons. The highest BCUT2D eigenvalue weighted by Crippen LogP contribution is 2.14. The lowest BCUT2D eigenvalue weighted by Crippen LogP contribution is -2.27. The number of hydrogen-bond donors (Lipinski definition) is 1. The van der Waals surface area contributed by atoms with E-state index in [0.717, 1.165) is 10.7 Å². The third-order valence-electron chi connectivity index (χ3n) is 3.33. The van der Waals surface area contributed by atoms with Gasteiger partial charge in [-0.2, -0.15) is 4.39 Å². The topological polar surface area (TPSA) is 64.2 Å². The van der Waals surface area contributed by atoms with Gasteiger partial charge in [0.15, 0.2) is 10.9 Å². The molecule has 0 aromatic carbocycles. The molecule has 0 spiro atoms. The molecule has 1 N–H and O–H groups in total. The first-order valence-corrected chi connectivity index (χ1v) is 8.07.